The number of pyridine rings is 1. The van der Waals surface area contributed by atoms with Crippen LogP contribution in [0.25, 0.3) is 0 Å². The van der Waals surface area contributed by atoms with Gasteiger partial charge in [-0.3, -0.25) is 14.6 Å². The first kappa shape index (κ1) is 14.2. The van der Waals surface area contributed by atoms with Crippen LogP contribution >= 0.6 is 0 Å². The van der Waals surface area contributed by atoms with Crippen LogP contribution in [-0.2, 0) is 20.9 Å². The van der Waals surface area contributed by atoms with E-state index in [0.717, 1.165) is 11.3 Å². The molecule has 0 spiro atoms. The summed E-state index contributed by atoms with van der Waals surface area (Å²) in [6, 6.07) is 3.80. The van der Waals surface area contributed by atoms with Crippen LogP contribution in [0.4, 0.5) is 0 Å². The van der Waals surface area contributed by atoms with E-state index < -0.39 is 0 Å². The van der Waals surface area contributed by atoms with Gasteiger partial charge in [-0.25, -0.2) is 0 Å². The lowest BCUT2D eigenvalue weighted by Gasteiger charge is -2.05. The molecule has 1 aromatic rings. The molecule has 0 aliphatic carbocycles. The standard InChI is InChI=1S/C13H18N2O3/c1-3-18-13(17)7-6-12(16)15-9-11-5-4-10(2)14-8-11/h4-5,8H,3,6-7,9H2,1-2H3,(H,15,16). The van der Waals surface area contributed by atoms with Crippen LogP contribution in [0.15, 0.2) is 18.3 Å². The maximum atomic E-state index is 11.5. The Morgan fingerprint density at radius 1 is 1.33 bits per heavy atom. The van der Waals surface area contributed by atoms with E-state index in [9.17, 15) is 9.59 Å². The number of aromatic nitrogens is 1. The monoisotopic (exact) mass is 250 g/mol. The summed E-state index contributed by atoms with van der Waals surface area (Å²) in [5, 5.41) is 2.73. The zero-order valence-electron chi connectivity index (χ0n) is 10.7. The van der Waals surface area contributed by atoms with Crippen molar-refractivity contribution in [1.82, 2.24) is 10.3 Å². The number of nitrogens with one attached hydrogen (secondary N) is 1. The molecular weight excluding hydrogens is 232 g/mol. The maximum Gasteiger partial charge on any atom is 0.306 e. The Morgan fingerprint density at radius 3 is 2.72 bits per heavy atom. The normalized spacial score (nSPS) is 9.89. The molecule has 0 bridgehead atoms. The Balaban J connectivity index is 2.24. The number of aryl methyl sites for hydroxylation is 1. The lowest BCUT2D eigenvalue weighted by atomic mass is 10.2. The number of esters is 1. The number of nitrogens with zero attached hydrogens (tertiary/aromatic N) is 1. The highest BCUT2D eigenvalue weighted by molar-refractivity contribution is 5.81. The van der Waals surface area contributed by atoms with E-state index >= 15 is 0 Å². The molecule has 1 N–H and O–H groups in total. The quantitative estimate of drug-likeness (QED) is 0.774. The highest BCUT2D eigenvalue weighted by atomic mass is 16.5. The molecule has 1 rings (SSSR count). The lowest BCUT2D eigenvalue weighted by Crippen LogP contribution is -2.23. The molecule has 0 saturated heterocycles. The lowest BCUT2D eigenvalue weighted by molar-refractivity contribution is -0.144. The van der Waals surface area contributed by atoms with Gasteiger partial charge in [0, 0.05) is 24.9 Å². The second-order valence-electron chi connectivity index (χ2n) is 3.89. The molecule has 0 aliphatic rings. The summed E-state index contributed by atoms with van der Waals surface area (Å²) in [4.78, 5) is 26.6. The third-order valence-electron chi connectivity index (χ3n) is 2.32. The molecule has 0 radical (unpaired) electrons. The molecule has 1 aromatic heterocycles. The van der Waals surface area contributed by atoms with Gasteiger partial charge in [-0.05, 0) is 25.5 Å². The Hall–Kier alpha value is -1.91. The zero-order valence-corrected chi connectivity index (χ0v) is 10.7. The number of ether oxygens (including phenoxy) is 1. The molecule has 0 atom stereocenters. The van der Waals surface area contributed by atoms with E-state index in [-0.39, 0.29) is 24.7 Å². The van der Waals surface area contributed by atoms with E-state index in [1.165, 1.54) is 0 Å². The largest absolute Gasteiger partial charge is 0.466 e. The number of rotatable bonds is 6. The molecule has 0 fully saturated rings. The van der Waals surface area contributed by atoms with Crippen LogP contribution in [-0.4, -0.2) is 23.5 Å². The van der Waals surface area contributed by atoms with Crippen molar-refractivity contribution in [2.75, 3.05) is 6.61 Å². The summed E-state index contributed by atoms with van der Waals surface area (Å²) in [5.74, 6) is -0.506. The van der Waals surface area contributed by atoms with Gasteiger partial charge in [-0.2, -0.15) is 0 Å². The fraction of sp³-hybridized carbons (Fsp3) is 0.462. The average Bonchev–Trinajstić information content (AvgIpc) is 2.36. The van der Waals surface area contributed by atoms with Gasteiger partial charge in [0.2, 0.25) is 5.91 Å². The number of amides is 1. The van der Waals surface area contributed by atoms with E-state index in [2.05, 4.69) is 10.3 Å². The summed E-state index contributed by atoms with van der Waals surface area (Å²) >= 11 is 0. The van der Waals surface area contributed by atoms with Crippen molar-refractivity contribution in [3.8, 4) is 0 Å². The summed E-state index contributed by atoms with van der Waals surface area (Å²) in [6.45, 7) is 4.41. The van der Waals surface area contributed by atoms with Crippen LogP contribution in [0.2, 0.25) is 0 Å². The van der Waals surface area contributed by atoms with E-state index in [1.807, 2.05) is 19.1 Å². The number of hydrogen-bond donors (Lipinski definition) is 1. The van der Waals surface area contributed by atoms with Gasteiger partial charge in [0.15, 0.2) is 0 Å². The molecule has 98 valence electrons. The molecule has 5 nitrogen and oxygen atoms in total. The van der Waals surface area contributed by atoms with Gasteiger partial charge in [0.05, 0.1) is 13.0 Å². The smallest absolute Gasteiger partial charge is 0.306 e. The highest BCUT2D eigenvalue weighted by Gasteiger charge is 2.07. The van der Waals surface area contributed by atoms with Crippen molar-refractivity contribution in [3.63, 3.8) is 0 Å². The summed E-state index contributed by atoms with van der Waals surface area (Å²) in [7, 11) is 0. The van der Waals surface area contributed by atoms with Crippen LogP contribution in [0, 0.1) is 6.92 Å². The van der Waals surface area contributed by atoms with E-state index in [1.54, 1.807) is 13.1 Å². The van der Waals surface area contributed by atoms with Crippen molar-refractivity contribution in [2.45, 2.75) is 33.2 Å². The number of carbonyl (C=O) groups is 2. The fourth-order valence-electron chi connectivity index (χ4n) is 1.34. The molecule has 0 saturated carbocycles. The molecule has 5 heteroatoms. The third-order valence-corrected chi connectivity index (χ3v) is 2.32. The Kier molecular flexibility index (Phi) is 5.84. The molecular formula is C13H18N2O3. The number of carbonyl (C=O) groups excluding carboxylic acids is 2. The second-order valence-corrected chi connectivity index (χ2v) is 3.89. The van der Waals surface area contributed by atoms with Crippen molar-refractivity contribution in [3.05, 3.63) is 29.6 Å². The average molecular weight is 250 g/mol. The van der Waals surface area contributed by atoms with Gasteiger partial charge in [0.25, 0.3) is 0 Å². The molecule has 18 heavy (non-hydrogen) atoms. The Bertz CT molecular complexity index is 401. The molecule has 1 amide bonds. The van der Waals surface area contributed by atoms with Gasteiger partial charge in [0.1, 0.15) is 0 Å². The Labute approximate surface area is 107 Å². The van der Waals surface area contributed by atoms with Crippen molar-refractivity contribution in [1.29, 1.82) is 0 Å². The SMILES string of the molecule is CCOC(=O)CCC(=O)NCc1ccc(C)nc1. The van der Waals surface area contributed by atoms with Crippen molar-refractivity contribution >= 4 is 11.9 Å². The van der Waals surface area contributed by atoms with Crippen LogP contribution in [0.1, 0.15) is 31.0 Å². The minimum Gasteiger partial charge on any atom is -0.466 e. The van der Waals surface area contributed by atoms with E-state index in [0.29, 0.717) is 13.2 Å². The van der Waals surface area contributed by atoms with Crippen molar-refractivity contribution < 1.29 is 14.3 Å². The maximum absolute atomic E-state index is 11.5. The molecule has 0 aliphatic heterocycles. The first-order valence-electron chi connectivity index (χ1n) is 5.95. The summed E-state index contributed by atoms with van der Waals surface area (Å²) in [5.41, 5.74) is 1.87. The molecule has 1 heterocycles. The summed E-state index contributed by atoms with van der Waals surface area (Å²) < 4.78 is 4.74. The van der Waals surface area contributed by atoms with Crippen LogP contribution in [0.3, 0.4) is 0 Å². The van der Waals surface area contributed by atoms with E-state index in [4.69, 9.17) is 4.74 Å². The second kappa shape index (κ2) is 7.42. The van der Waals surface area contributed by atoms with Crippen LogP contribution in [0.5, 0.6) is 0 Å². The highest BCUT2D eigenvalue weighted by Crippen LogP contribution is 1.99. The van der Waals surface area contributed by atoms with Crippen LogP contribution < -0.4 is 5.32 Å². The first-order chi connectivity index (χ1) is 8.61. The first-order valence-corrected chi connectivity index (χ1v) is 5.95. The predicted molar refractivity (Wildman–Crippen MR) is 66.7 cm³/mol. The topological polar surface area (TPSA) is 68.3 Å². The molecule has 0 unspecified atom stereocenters. The Morgan fingerprint density at radius 2 is 2.11 bits per heavy atom. The third kappa shape index (κ3) is 5.43. The van der Waals surface area contributed by atoms with Gasteiger partial charge >= 0.3 is 5.97 Å². The van der Waals surface area contributed by atoms with Gasteiger partial charge in [-0.1, -0.05) is 6.07 Å². The number of hydrogen-bond acceptors (Lipinski definition) is 4. The zero-order chi connectivity index (χ0) is 13.4. The predicted octanol–water partition coefficient (Wildman–Crippen LogP) is 1.35. The fourth-order valence-corrected chi connectivity index (χ4v) is 1.34. The molecule has 0 aromatic carbocycles. The van der Waals surface area contributed by atoms with Gasteiger partial charge in [-0.15, -0.1) is 0 Å². The minimum atomic E-state index is -0.343. The van der Waals surface area contributed by atoms with Gasteiger partial charge < -0.3 is 10.1 Å². The minimum absolute atomic E-state index is 0.117. The summed E-state index contributed by atoms with van der Waals surface area (Å²) in [6.07, 6.45) is 1.99. The van der Waals surface area contributed by atoms with Crippen molar-refractivity contribution in [2.24, 2.45) is 0 Å².